The van der Waals surface area contributed by atoms with Gasteiger partial charge in [-0.15, -0.1) is 0 Å². The Kier molecular flexibility index (Phi) is 6.16. The lowest BCUT2D eigenvalue weighted by molar-refractivity contribution is -0.137. The van der Waals surface area contributed by atoms with Gasteiger partial charge in [-0.1, -0.05) is 30.3 Å². The summed E-state index contributed by atoms with van der Waals surface area (Å²) in [4.78, 5) is 16.5. The van der Waals surface area contributed by atoms with Gasteiger partial charge >= 0.3 is 6.18 Å². The Balaban J connectivity index is 1.45. The molecular weight excluding hydrogens is 353 g/mol. The molecule has 1 heterocycles. The number of aryl methyl sites for hydroxylation is 1. The first-order valence-electron chi connectivity index (χ1n) is 9.16. The first-order valence-corrected chi connectivity index (χ1v) is 9.16. The van der Waals surface area contributed by atoms with Gasteiger partial charge in [-0.3, -0.25) is 9.69 Å². The van der Waals surface area contributed by atoms with Crippen molar-refractivity contribution in [2.45, 2.75) is 19.0 Å². The highest BCUT2D eigenvalue weighted by atomic mass is 19.4. The summed E-state index contributed by atoms with van der Waals surface area (Å²) in [6, 6.07) is 14.8. The summed E-state index contributed by atoms with van der Waals surface area (Å²) in [6.45, 7) is 3.77. The fourth-order valence-electron chi connectivity index (χ4n) is 3.31. The highest BCUT2D eigenvalue weighted by Gasteiger charge is 2.30. The molecule has 1 fully saturated rings. The van der Waals surface area contributed by atoms with E-state index in [-0.39, 0.29) is 5.91 Å². The number of hydrogen-bond donors (Lipinski definition) is 0. The summed E-state index contributed by atoms with van der Waals surface area (Å²) >= 11 is 0. The SMILES string of the molecule is O=C(c1ccc(C(F)(F)F)cc1)N1CCN(CCCc2ccccc2)CC1. The molecule has 1 aliphatic rings. The molecule has 144 valence electrons. The fraction of sp³-hybridized carbons (Fsp3) is 0.381. The maximum absolute atomic E-state index is 12.6. The normalized spacial score (nSPS) is 15.7. The van der Waals surface area contributed by atoms with E-state index >= 15 is 0 Å². The van der Waals surface area contributed by atoms with E-state index in [0.29, 0.717) is 18.7 Å². The van der Waals surface area contributed by atoms with Crippen LogP contribution in [0, 0.1) is 0 Å². The Bertz CT molecular complexity index is 736. The van der Waals surface area contributed by atoms with Crippen molar-refractivity contribution in [2.24, 2.45) is 0 Å². The van der Waals surface area contributed by atoms with Crippen LogP contribution in [0.25, 0.3) is 0 Å². The Hall–Kier alpha value is -2.34. The number of halogens is 3. The topological polar surface area (TPSA) is 23.6 Å². The molecule has 2 aromatic carbocycles. The lowest BCUT2D eigenvalue weighted by Crippen LogP contribution is -2.48. The van der Waals surface area contributed by atoms with E-state index in [2.05, 4.69) is 17.0 Å². The fourth-order valence-corrected chi connectivity index (χ4v) is 3.31. The molecule has 3 rings (SSSR count). The van der Waals surface area contributed by atoms with Crippen LogP contribution in [0.2, 0.25) is 0 Å². The van der Waals surface area contributed by atoms with Gasteiger partial charge < -0.3 is 4.90 Å². The zero-order chi connectivity index (χ0) is 19.3. The van der Waals surface area contributed by atoms with Crippen LogP contribution in [0.4, 0.5) is 13.2 Å². The van der Waals surface area contributed by atoms with E-state index in [1.807, 2.05) is 18.2 Å². The van der Waals surface area contributed by atoms with Gasteiger partial charge in [0.2, 0.25) is 0 Å². The highest BCUT2D eigenvalue weighted by molar-refractivity contribution is 5.94. The van der Waals surface area contributed by atoms with E-state index in [1.165, 1.54) is 17.7 Å². The second kappa shape index (κ2) is 8.57. The smallest absolute Gasteiger partial charge is 0.336 e. The molecular formula is C21H23F3N2O. The van der Waals surface area contributed by atoms with Gasteiger partial charge in [0, 0.05) is 31.7 Å². The third-order valence-electron chi connectivity index (χ3n) is 4.90. The standard InChI is InChI=1S/C21H23F3N2O/c22-21(23,24)19-10-8-18(9-11-19)20(27)26-15-13-25(14-16-26)12-4-7-17-5-2-1-3-6-17/h1-3,5-6,8-11H,4,7,12-16H2. The number of amides is 1. The molecule has 0 unspecified atom stereocenters. The van der Waals surface area contributed by atoms with Crippen LogP contribution in [0.5, 0.6) is 0 Å². The number of alkyl halides is 3. The second-order valence-corrected chi connectivity index (χ2v) is 6.80. The summed E-state index contributed by atoms with van der Waals surface area (Å²) in [5.41, 5.74) is 0.899. The predicted octanol–water partition coefficient (Wildman–Crippen LogP) is 4.10. The van der Waals surface area contributed by atoms with Crippen molar-refractivity contribution in [3.05, 3.63) is 71.3 Å². The monoisotopic (exact) mass is 376 g/mol. The van der Waals surface area contributed by atoms with Crippen molar-refractivity contribution >= 4 is 5.91 Å². The second-order valence-electron chi connectivity index (χ2n) is 6.80. The van der Waals surface area contributed by atoms with E-state index in [9.17, 15) is 18.0 Å². The molecule has 3 nitrogen and oxygen atoms in total. The minimum atomic E-state index is -4.38. The van der Waals surface area contributed by atoms with Crippen molar-refractivity contribution in [1.82, 2.24) is 9.80 Å². The van der Waals surface area contributed by atoms with E-state index in [1.54, 1.807) is 4.90 Å². The van der Waals surface area contributed by atoms with Crippen LogP contribution >= 0.6 is 0 Å². The van der Waals surface area contributed by atoms with Crippen LogP contribution in [0.1, 0.15) is 27.9 Å². The summed E-state index contributed by atoms with van der Waals surface area (Å²) in [5.74, 6) is -0.201. The van der Waals surface area contributed by atoms with Crippen molar-refractivity contribution in [3.8, 4) is 0 Å². The number of carbonyl (C=O) groups excluding carboxylic acids is 1. The number of nitrogens with zero attached hydrogens (tertiary/aromatic N) is 2. The van der Waals surface area contributed by atoms with Crippen molar-refractivity contribution < 1.29 is 18.0 Å². The molecule has 0 N–H and O–H groups in total. The minimum absolute atomic E-state index is 0.201. The van der Waals surface area contributed by atoms with E-state index < -0.39 is 11.7 Å². The van der Waals surface area contributed by atoms with E-state index in [4.69, 9.17) is 0 Å². The molecule has 0 spiro atoms. The summed E-state index contributed by atoms with van der Waals surface area (Å²) in [6.07, 6.45) is -2.28. The van der Waals surface area contributed by atoms with Gasteiger partial charge in [0.05, 0.1) is 5.56 Å². The maximum atomic E-state index is 12.6. The Morgan fingerprint density at radius 3 is 2.11 bits per heavy atom. The van der Waals surface area contributed by atoms with Crippen molar-refractivity contribution in [2.75, 3.05) is 32.7 Å². The summed E-state index contributed by atoms with van der Waals surface area (Å²) < 4.78 is 37.9. The zero-order valence-corrected chi connectivity index (χ0v) is 15.1. The largest absolute Gasteiger partial charge is 0.416 e. The zero-order valence-electron chi connectivity index (χ0n) is 15.1. The third kappa shape index (κ3) is 5.32. The van der Waals surface area contributed by atoms with Crippen molar-refractivity contribution in [1.29, 1.82) is 0 Å². The van der Waals surface area contributed by atoms with Crippen LogP contribution in [-0.4, -0.2) is 48.4 Å². The van der Waals surface area contributed by atoms with Gasteiger partial charge in [0.15, 0.2) is 0 Å². The molecule has 27 heavy (non-hydrogen) atoms. The first-order chi connectivity index (χ1) is 12.9. The highest BCUT2D eigenvalue weighted by Crippen LogP contribution is 2.29. The first kappa shape index (κ1) is 19.4. The molecule has 0 aromatic heterocycles. The number of piperazine rings is 1. The maximum Gasteiger partial charge on any atom is 0.416 e. The Labute approximate surface area is 157 Å². The molecule has 0 saturated carbocycles. The quantitative estimate of drug-likeness (QED) is 0.785. The molecule has 1 saturated heterocycles. The van der Waals surface area contributed by atoms with Gasteiger partial charge in [0.25, 0.3) is 5.91 Å². The van der Waals surface area contributed by atoms with Crippen molar-refractivity contribution in [3.63, 3.8) is 0 Å². The number of hydrogen-bond acceptors (Lipinski definition) is 2. The number of carbonyl (C=O) groups is 1. The van der Waals surface area contributed by atoms with Gasteiger partial charge in [-0.2, -0.15) is 13.2 Å². The van der Waals surface area contributed by atoms with Crippen LogP contribution in [-0.2, 0) is 12.6 Å². The Morgan fingerprint density at radius 2 is 1.52 bits per heavy atom. The number of rotatable bonds is 5. The molecule has 0 atom stereocenters. The summed E-state index contributed by atoms with van der Waals surface area (Å²) in [5, 5.41) is 0. The average Bonchev–Trinajstić information content (AvgIpc) is 2.68. The molecule has 1 aliphatic heterocycles. The van der Waals surface area contributed by atoms with E-state index in [0.717, 1.165) is 44.6 Å². The average molecular weight is 376 g/mol. The lowest BCUT2D eigenvalue weighted by Gasteiger charge is -2.34. The number of benzene rings is 2. The van der Waals surface area contributed by atoms with Crippen LogP contribution < -0.4 is 0 Å². The molecule has 2 aromatic rings. The lowest BCUT2D eigenvalue weighted by atomic mass is 10.1. The molecule has 1 amide bonds. The molecule has 0 bridgehead atoms. The molecule has 0 aliphatic carbocycles. The van der Waals surface area contributed by atoms with Gasteiger partial charge in [0.1, 0.15) is 0 Å². The Morgan fingerprint density at radius 1 is 0.889 bits per heavy atom. The summed E-state index contributed by atoms with van der Waals surface area (Å²) in [7, 11) is 0. The van der Waals surface area contributed by atoms with Gasteiger partial charge in [-0.25, -0.2) is 0 Å². The van der Waals surface area contributed by atoms with Gasteiger partial charge in [-0.05, 0) is 49.2 Å². The third-order valence-corrected chi connectivity index (χ3v) is 4.90. The minimum Gasteiger partial charge on any atom is -0.336 e. The molecule has 0 radical (unpaired) electrons. The van der Waals surface area contributed by atoms with Crippen LogP contribution in [0.15, 0.2) is 54.6 Å². The van der Waals surface area contributed by atoms with Crippen LogP contribution in [0.3, 0.4) is 0 Å². The molecule has 6 heteroatoms. The predicted molar refractivity (Wildman–Crippen MR) is 98.6 cm³/mol.